The summed E-state index contributed by atoms with van der Waals surface area (Å²) in [5.74, 6) is 0.811. The maximum atomic E-state index is 6.07. The van der Waals surface area contributed by atoms with Gasteiger partial charge in [0, 0.05) is 18.1 Å². The van der Waals surface area contributed by atoms with Crippen molar-refractivity contribution in [1.82, 2.24) is 4.98 Å². The van der Waals surface area contributed by atoms with Crippen molar-refractivity contribution in [3.63, 3.8) is 0 Å². The highest BCUT2D eigenvalue weighted by Gasteiger charge is 2.13. The Morgan fingerprint density at radius 1 is 1.00 bits per heavy atom. The fourth-order valence-corrected chi connectivity index (χ4v) is 2.51. The lowest BCUT2D eigenvalue weighted by Crippen LogP contribution is -2.19. The van der Waals surface area contributed by atoms with Gasteiger partial charge in [0.15, 0.2) is 5.82 Å². The summed E-state index contributed by atoms with van der Waals surface area (Å²) >= 11 is 0. The minimum absolute atomic E-state index is 0.697. The van der Waals surface area contributed by atoms with Gasteiger partial charge in [0.25, 0.3) is 0 Å². The lowest BCUT2D eigenvalue weighted by Gasteiger charge is -2.24. The molecule has 0 aliphatic rings. The second kappa shape index (κ2) is 5.21. The minimum atomic E-state index is 0.697. The minimum Gasteiger partial charge on any atom is -0.396 e. The molecule has 0 saturated carbocycles. The van der Waals surface area contributed by atoms with Crippen molar-refractivity contribution in [1.29, 1.82) is 0 Å². The molecule has 2 N–H and O–H groups in total. The van der Waals surface area contributed by atoms with Gasteiger partial charge in [0.2, 0.25) is 0 Å². The third kappa shape index (κ3) is 2.07. The van der Waals surface area contributed by atoms with E-state index in [0.29, 0.717) is 5.69 Å². The maximum Gasteiger partial charge on any atom is 0.156 e. The molecule has 0 atom stereocenters. The van der Waals surface area contributed by atoms with Gasteiger partial charge < -0.3 is 10.6 Å². The molecule has 0 bridgehead atoms. The van der Waals surface area contributed by atoms with Crippen LogP contribution in [-0.4, -0.2) is 11.5 Å². The lowest BCUT2D eigenvalue weighted by molar-refractivity contribution is 0.997. The fourth-order valence-electron chi connectivity index (χ4n) is 2.51. The van der Waals surface area contributed by atoms with Crippen molar-refractivity contribution in [3.8, 4) is 0 Å². The number of nitrogens with two attached hydrogens (primary N) is 1. The average Bonchev–Trinajstić information content (AvgIpc) is 2.50. The van der Waals surface area contributed by atoms with Crippen LogP contribution in [0.5, 0.6) is 0 Å². The predicted octanol–water partition coefficient (Wildman–Crippen LogP) is 3.98. The van der Waals surface area contributed by atoms with Crippen molar-refractivity contribution in [2.24, 2.45) is 0 Å². The smallest absolute Gasteiger partial charge is 0.156 e. The molecule has 0 saturated heterocycles. The van der Waals surface area contributed by atoms with E-state index in [2.05, 4.69) is 59.3 Å². The third-order valence-electron chi connectivity index (χ3n) is 3.45. The molecule has 0 fully saturated rings. The zero-order chi connectivity index (χ0) is 13.9. The van der Waals surface area contributed by atoms with Crippen LogP contribution in [0.1, 0.15) is 6.92 Å². The van der Waals surface area contributed by atoms with Crippen LogP contribution in [0.15, 0.2) is 60.8 Å². The van der Waals surface area contributed by atoms with Gasteiger partial charge >= 0.3 is 0 Å². The van der Waals surface area contributed by atoms with Crippen LogP contribution in [0.2, 0.25) is 0 Å². The summed E-state index contributed by atoms with van der Waals surface area (Å²) in [4.78, 5) is 6.58. The van der Waals surface area contributed by atoms with Gasteiger partial charge in [-0.15, -0.1) is 0 Å². The van der Waals surface area contributed by atoms with Gasteiger partial charge in [-0.25, -0.2) is 4.98 Å². The summed E-state index contributed by atoms with van der Waals surface area (Å²) in [7, 11) is 0. The zero-order valence-corrected chi connectivity index (χ0v) is 11.5. The summed E-state index contributed by atoms with van der Waals surface area (Å²) in [6.45, 7) is 2.92. The van der Waals surface area contributed by atoms with Crippen LogP contribution >= 0.6 is 0 Å². The van der Waals surface area contributed by atoms with E-state index < -0.39 is 0 Å². The van der Waals surface area contributed by atoms with E-state index in [4.69, 9.17) is 5.73 Å². The molecule has 3 rings (SSSR count). The van der Waals surface area contributed by atoms with E-state index in [1.165, 1.54) is 10.8 Å². The van der Waals surface area contributed by atoms with Crippen molar-refractivity contribution >= 4 is 28.0 Å². The number of aromatic nitrogens is 1. The molecule has 0 unspecified atom stereocenters. The molecule has 0 radical (unpaired) electrons. The number of hydrogen-bond acceptors (Lipinski definition) is 3. The largest absolute Gasteiger partial charge is 0.396 e. The van der Waals surface area contributed by atoms with Crippen molar-refractivity contribution < 1.29 is 0 Å². The van der Waals surface area contributed by atoms with E-state index in [9.17, 15) is 0 Å². The molecule has 0 aliphatic carbocycles. The summed E-state index contributed by atoms with van der Waals surface area (Å²) in [6.07, 6.45) is 1.78. The molecule has 100 valence electrons. The molecule has 2 aromatic carbocycles. The first kappa shape index (κ1) is 12.5. The van der Waals surface area contributed by atoms with Crippen molar-refractivity contribution in [3.05, 3.63) is 60.8 Å². The van der Waals surface area contributed by atoms with Crippen LogP contribution in [0.3, 0.4) is 0 Å². The Morgan fingerprint density at radius 2 is 1.80 bits per heavy atom. The quantitative estimate of drug-likeness (QED) is 0.777. The van der Waals surface area contributed by atoms with Crippen LogP contribution in [0, 0.1) is 0 Å². The molecule has 3 aromatic rings. The van der Waals surface area contributed by atoms with Gasteiger partial charge in [0.1, 0.15) is 0 Å². The molecule has 1 heterocycles. The van der Waals surface area contributed by atoms with Crippen molar-refractivity contribution in [2.75, 3.05) is 17.2 Å². The first-order chi connectivity index (χ1) is 9.81. The van der Waals surface area contributed by atoms with E-state index in [-0.39, 0.29) is 0 Å². The molecular formula is C17H17N3. The monoisotopic (exact) mass is 263 g/mol. The number of hydrogen-bond donors (Lipinski definition) is 1. The molecular weight excluding hydrogens is 246 g/mol. The van der Waals surface area contributed by atoms with E-state index in [0.717, 1.165) is 18.1 Å². The maximum absolute atomic E-state index is 6.07. The van der Waals surface area contributed by atoms with Gasteiger partial charge in [-0.2, -0.15) is 0 Å². The van der Waals surface area contributed by atoms with E-state index in [1.54, 1.807) is 6.20 Å². The van der Waals surface area contributed by atoms with Gasteiger partial charge in [-0.05, 0) is 30.5 Å². The normalized spacial score (nSPS) is 10.7. The average molecular weight is 263 g/mol. The molecule has 20 heavy (non-hydrogen) atoms. The highest BCUT2D eigenvalue weighted by molar-refractivity contribution is 5.96. The Bertz CT molecular complexity index is 732. The van der Waals surface area contributed by atoms with E-state index in [1.807, 2.05) is 12.1 Å². The fraction of sp³-hybridized carbons (Fsp3) is 0.118. The predicted molar refractivity (Wildman–Crippen MR) is 85.3 cm³/mol. The Hall–Kier alpha value is -2.55. The second-order valence-corrected chi connectivity index (χ2v) is 4.66. The van der Waals surface area contributed by atoms with Crippen LogP contribution in [0.4, 0.5) is 17.2 Å². The number of nitrogen functional groups attached to an aromatic ring is 1. The molecule has 1 aromatic heterocycles. The number of nitrogens with zero attached hydrogens (tertiary/aromatic N) is 2. The van der Waals surface area contributed by atoms with Gasteiger partial charge in [-0.3, -0.25) is 0 Å². The SMILES string of the molecule is CCN(c1ncccc1N)c1cccc2ccccc12. The van der Waals surface area contributed by atoms with Gasteiger partial charge in [-0.1, -0.05) is 36.4 Å². The lowest BCUT2D eigenvalue weighted by atomic mass is 10.1. The van der Waals surface area contributed by atoms with Crippen LogP contribution in [0.25, 0.3) is 10.8 Å². The number of benzene rings is 2. The molecule has 0 aliphatic heterocycles. The second-order valence-electron chi connectivity index (χ2n) is 4.66. The molecule has 0 amide bonds. The summed E-state index contributed by atoms with van der Waals surface area (Å²) in [5, 5.41) is 2.43. The Labute approximate surface area is 118 Å². The number of anilines is 3. The molecule has 3 heteroatoms. The number of fused-ring (bicyclic) bond motifs is 1. The van der Waals surface area contributed by atoms with E-state index >= 15 is 0 Å². The van der Waals surface area contributed by atoms with Crippen LogP contribution in [-0.2, 0) is 0 Å². The standard InChI is InChI=1S/C17H17N3/c1-2-20(17-15(18)10-6-12-19-17)16-11-5-8-13-7-3-4-9-14(13)16/h3-12H,2,18H2,1H3. The van der Waals surface area contributed by atoms with Gasteiger partial charge in [0.05, 0.1) is 11.4 Å². The Kier molecular flexibility index (Phi) is 3.25. The highest BCUT2D eigenvalue weighted by atomic mass is 15.2. The molecule has 3 nitrogen and oxygen atoms in total. The zero-order valence-electron chi connectivity index (χ0n) is 11.5. The van der Waals surface area contributed by atoms with Crippen molar-refractivity contribution in [2.45, 2.75) is 6.92 Å². The summed E-state index contributed by atoms with van der Waals surface area (Å²) in [6, 6.07) is 18.4. The summed E-state index contributed by atoms with van der Waals surface area (Å²) < 4.78 is 0. The third-order valence-corrected chi connectivity index (χ3v) is 3.45. The number of pyridine rings is 1. The Balaban J connectivity index is 2.20. The first-order valence-electron chi connectivity index (χ1n) is 6.77. The summed E-state index contributed by atoms with van der Waals surface area (Å²) in [5.41, 5.74) is 7.91. The van der Waals surface area contributed by atoms with Crippen LogP contribution < -0.4 is 10.6 Å². The Morgan fingerprint density at radius 3 is 2.60 bits per heavy atom. The molecule has 0 spiro atoms. The first-order valence-corrected chi connectivity index (χ1v) is 6.77. The highest BCUT2D eigenvalue weighted by Crippen LogP contribution is 2.33. The number of rotatable bonds is 3. The topological polar surface area (TPSA) is 42.2 Å².